The lowest BCUT2D eigenvalue weighted by molar-refractivity contribution is -0.158. The molecule has 3 saturated heterocycles. The zero-order valence-corrected chi connectivity index (χ0v) is 23.3. The first kappa shape index (κ1) is 28.7. The van der Waals surface area contributed by atoms with E-state index in [1.807, 2.05) is 6.92 Å². The van der Waals surface area contributed by atoms with Crippen molar-refractivity contribution in [2.24, 2.45) is 28.3 Å². The van der Waals surface area contributed by atoms with Crippen LogP contribution in [0.5, 0.6) is 0 Å². The highest BCUT2D eigenvalue weighted by Crippen LogP contribution is 2.51. The van der Waals surface area contributed by atoms with Crippen LogP contribution in [0.15, 0.2) is 21.9 Å². The molecule has 18 heteroatoms. The lowest BCUT2D eigenvalue weighted by atomic mass is 9.78. The monoisotopic (exact) mass is 591 g/mol. The van der Waals surface area contributed by atoms with Gasteiger partial charge in [0.2, 0.25) is 17.7 Å². The number of aromatic nitrogens is 4. The number of likely N-dealkylation sites (tertiary alicyclic amines) is 1. The minimum Gasteiger partial charge on any atom is -0.477 e. The van der Waals surface area contributed by atoms with Gasteiger partial charge in [-0.15, -0.1) is 16.9 Å². The minimum atomic E-state index is -1.19. The Balaban J connectivity index is 1.21. The van der Waals surface area contributed by atoms with E-state index in [0.29, 0.717) is 17.9 Å². The fraction of sp³-hybridized carbons (Fsp3) is 0.652. The number of carboxylic acid groups (broad SMARTS) is 1. The molecule has 8 atom stereocenters. The van der Waals surface area contributed by atoms with E-state index in [-0.39, 0.29) is 60.2 Å². The molecule has 222 valence electrons. The number of carbonyl (C=O) groups excluding carboxylic acids is 3. The molecule has 3 fully saturated rings. The number of carboxylic acids is 1. The minimum absolute atomic E-state index is 0.0431. The molecule has 0 radical (unpaired) electrons. The van der Waals surface area contributed by atoms with Gasteiger partial charge >= 0.3 is 5.97 Å². The van der Waals surface area contributed by atoms with Crippen LogP contribution in [0.25, 0.3) is 0 Å². The van der Waals surface area contributed by atoms with Gasteiger partial charge in [-0.2, -0.15) is 0 Å². The van der Waals surface area contributed by atoms with Crippen LogP contribution in [0.1, 0.15) is 20.3 Å². The van der Waals surface area contributed by atoms with Gasteiger partial charge < -0.3 is 42.1 Å². The normalized spacial score (nSPS) is 31.6. The smallest absolute Gasteiger partial charge is 0.353 e. The third-order valence-electron chi connectivity index (χ3n) is 7.98. The van der Waals surface area contributed by atoms with E-state index >= 15 is 0 Å². The standard InChI is InChI=1S/C23H33N11O6S/c1-9-17-16(10(2)28-15(36)7-33-8-27-30-31-33)21(38)34(17)18(22(39)40)19(9)41-11-3-12(26-4-11)20(37)32-5-13(14(35)6-32)29-23(24)25/h8-14,16-17,26,35H,3-7H2,1-2H3,(H,28,36)(H,39,40)(H4,24,25,29)/t9-,10-,11+,12+,13+,14+,16-,17-/m1/s1. The van der Waals surface area contributed by atoms with E-state index in [9.17, 15) is 29.4 Å². The quantitative estimate of drug-likeness (QED) is 0.0919. The van der Waals surface area contributed by atoms with Gasteiger partial charge in [0.1, 0.15) is 18.6 Å². The largest absolute Gasteiger partial charge is 0.477 e. The number of nitrogens with one attached hydrogen (secondary N) is 2. The highest BCUT2D eigenvalue weighted by atomic mass is 32.2. The van der Waals surface area contributed by atoms with Crippen LogP contribution in [0.2, 0.25) is 0 Å². The number of carbonyl (C=O) groups is 4. The molecule has 41 heavy (non-hydrogen) atoms. The Morgan fingerprint density at radius 3 is 2.73 bits per heavy atom. The molecule has 0 unspecified atom stereocenters. The second-order valence-electron chi connectivity index (χ2n) is 10.8. The highest BCUT2D eigenvalue weighted by molar-refractivity contribution is 8.03. The van der Waals surface area contributed by atoms with Gasteiger partial charge in [-0.1, -0.05) is 6.92 Å². The molecule has 0 spiro atoms. The first-order valence-electron chi connectivity index (χ1n) is 13.2. The number of amides is 3. The van der Waals surface area contributed by atoms with Crippen molar-refractivity contribution >= 4 is 41.4 Å². The average Bonchev–Trinajstić information content (AvgIpc) is 3.68. The van der Waals surface area contributed by atoms with Crippen LogP contribution < -0.4 is 22.1 Å². The Morgan fingerprint density at radius 2 is 2.07 bits per heavy atom. The summed E-state index contributed by atoms with van der Waals surface area (Å²) in [6.45, 7) is 4.27. The molecule has 1 aromatic rings. The number of β-lactam (4-membered cyclic amide) rings is 1. The number of aliphatic imine (C=N–C) groups is 1. The van der Waals surface area contributed by atoms with Gasteiger partial charge in [-0.25, -0.2) is 14.5 Å². The van der Waals surface area contributed by atoms with Crippen molar-refractivity contribution in [1.29, 1.82) is 0 Å². The maximum Gasteiger partial charge on any atom is 0.353 e. The summed E-state index contributed by atoms with van der Waals surface area (Å²) in [4.78, 5) is 58.5. The maximum atomic E-state index is 13.2. The number of aliphatic carboxylic acids is 1. The molecule has 3 amide bonds. The van der Waals surface area contributed by atoms with Gasteiger partial charge in [0.15, 0.2) is 5.96 Å². The van der Waals surface area contributed by atoms with Gasteiger partial charge in [-0.3, -0.25) is 14.4 Å². The number of thioether (sulfide) groups is 1. The number of β-amino-alcohol motifs (C(OH)–C–C–N with tert-alkyl or cyclic N) is 1. The molecule has 0 aromatic carbocycles. The van der Waals surface area contributed by atoms with Gasteiger partial charge in [0.05, 0.1) is 30.1 Å². The lowest BCUT2D eigenvalue weighted by Gasteiger charge is -2.47. The van der Waals surface area contributed by atoms with Crippen molar-refractivity contribution in [2.75, 3.05) is 19.6 Å². The zero-order valence-electron chi connectivity index (χ0n) is 22.5. The molecule has 0 saturated carbocycles. The van der Waals surface area contributed by atoms with E-state index in [1.165, 1.54) is 32.6 Å². The van der Waals surface area contributed by atoms with E-state index in [2.05, 4.69) is 31.2 Å². The number of rotatable bonds is 9. The van der Waals surface area contributed by atoms with Crippen molar-refractivity contribution < 1.29 is 29.4 Å². The number of hydrogen-bond donors (Lipinski definition) is 6. The predicted octanol–water partition coefficient (Wildman–Crippen LogP) is -3.74. The number of nitrogens with two attached hydrogens (primary N) is 2. The Hall–Kier alpha value is -3.77. The second kappa shape index (κ2) is 11.2. The molecule has 0 bridgehead atoms. The molecule has 5 heterocycles. The number of fused-ring (bicyclic) bond motifs is 1. The van der Waals surface area contributed by atoms with E-state index in [4.69, 9.17) is 11.5 Å². The SMILES string of the molecule is C[C@@H](NC(=O)Cn1cnnn1)[C@H]1C(=O)N2C(C(=O)O)=C(S[C@@H]3CN[C@H](C(=O)N4C[C@H](N=C(N)N)[C@@H](O)C4)C3)[C@H](C)[C@H]12. The Labute approximate surface area is 238 Å². The summed E-state index contributed by atoms with van der Waals surface area (Å²) < 4.78 is 1.26. The van der Waals surface area contributed by atoms with Gasteiger partial charge in [0.25, 0.3) is 0 Å². The second-order valence-corrected chi connectivity index (χ2v) is 12.1. The number of nitrogens with zero attached hydrogens (tertiary/aromatic N) is 7. The zero-order chi connectivity index (χ0) is 29.6. The summed E-state index contributed by atoms with van der Waals surface area (Å²) in [7, 11) is 0. The number of aliphatic hydroxyl groups is 1. The van der Waals surface area contributed by atoms with Crippen LogP contribution in [-0.4, -0.2) is 125 Å². The summed E-state index contributed by atoms with van der Waals surface area (Å²) in [5.41, 5.74) is 10.8. The maximum absolute atomic E-state index is 13.2. The van der Waals surface area contributed by atoms with E-state index < -0.39 is 42.2 Å². The van der Waals surface area contributed by atoms with Crippen molar-refractivity contribution in [3.63, 3.8) is 0 Å². The molecule has 4 aliphatic heterocycles. The topological polar surface area (TPSA) is 247 Å². The van der Waals surface area contributed by atoms with Crippen LogP contribution in [-0.2, 0) is 25.7 Å². The number of aliphatic hydroxyl groups excluding tert-OH is 1. The van der Waals surface area contributed by atoms with Gasteiger partial charge in [-0.05, 0) is 23.8 Å². The van der Waals surface area contributed by atoms with Crippen LogP contribution in [0, 0.1) is 11.8 Å². The van der Waals surface area contributed by atoms with Gasteiger partial charge in [0, 0.05) is 41.7 Å². The number of hydrogen-bond acceptors (Lipinski definition) is 11. The fourth-order valence-corrected chi connectivity index (χ4v) is 7.61. The summed E-state index contributed by atoms with van der Waals surface area (Å²) in [5, 5.41) is 36.8. The molecule has 17 nitrogen and oxygen atoms in total. The predicted molar refractivity (Wildman–Crippen MR) is 143 cm³/mol. The third kappa shape index (κ3) is 5.45. The molecule has 8 N–H and O–H groups in total. The van der Waals surface area contributed by atoms with E-state index in [0.717, 1.165) is 0 Å². The summed E-state index contributed by atoms with van der Waals surface area (Å²) >= 11 is 1.37. The van der Waals surface area contributed by atoms with Crippen molar-refractivity contribution in [2.45, 2.75) is 62.3 Å². The van der Waals surface area contributed by atoms with Crippen LogP contribution in [0.3, 0.4) is 0 Å². The molecular formula is C23H33N11O6S. The average molecular weight is 592 g/mol. The van der Waals surface area contributed by atoms with E-state index in [1.54, 1.807) is 6.92 Å². The summed E-state index contributed by atoms with van der Waals surface area (Å²) in [6.07, 6.45) is 0.884. The van der Waals surface area contributed by atoms with Crippen LogP contribution in [0.4, 0.5) is 0 Å². The molecule has 1 aromatic heterocycles. The van der Waals surface area contributed by atoms with Crippen LogP contribution >= 0.6 is 11.8 Å². The Morgan fingerprint density at radius 1 is 1.32 bits per heavy atom. The summed E-state index contributed by atoms with van der Waals surface area (Å²) in [6, 6.07) is -2.04. The molecular weight excluding hydrogens is 558 g/mol. The molecule has 4 aliphatic rings. The Bertz CT molecular complexity index is 1280. The first-order chi connectivity index (χ1) is 19.5. The molecule has 0 aliphatic carbocycles. The third-order valence-corrected chi connectivity index (χ3v) is 9.50. The number of tetrazole rings is 1. The van der Waals surface area contributed by atoms with Crippen molar-refractivity contribution in [3.8, 4) is 0 Å². The number of guanidine groups is 1. The molecule has 5 rings (SSSR count). The first-order valence-corrected chi connectivity index (χ1v) is 14.1. The highest BCUT2D eigenvalue weighted by Gasteiger charge is 2.60. The van der Waals surface area contributed by atoms with Crippen molar-refractivity contribution in [1.82, 2.24) is 40.6 Å². The fourth-order valence-electron chi connectivity index (χ4n) is 6.13. The lowest BCUT2D eigenvalue weighted by Crippen LogP contribution is -2.66. The summed E-state index contributed by atoms with van der Waals surface area (Å²) in [5.74, 6) is -3.13. The van der Waals surface area contributed by atoms with Crippen molar-refractivity contribution in [3.05, 3.63) is 16.9 Å². The Kier molecular flexibility index (Phi) is 7.89.